The van der Waals surface area contributed by atoms with Gasteiger partial charge in [0.1, 0.15) is 17.5 Å². The second kappa shape index (κ2) is 25.9. The van der Waals surface area contributed by atoms with Crippen molar-refractivity contribution in [2.75, 3.05) is 57.3 Å². The number of thiazole rings is 1. The lowest BCUT2D eigenvalue weighted by atomic mass is 9.90. The molecule has 19 nitrogen and oxygen atoms in total. The molecular formula is C65H82N12O7S. The molecule has 3 amide bonds. The number of nitrogens with one attached hydrogen (secondary N) is 2. The first-order chi connectivity index (χ1) is 41.0. The Labute approximate surface area is 501 Å². The van der Waals surface area contributed by atoms with Gasteiger partial charge in [-0.25, -0.2) is 9.97 Å². The van der Waals surface area contributed by atoms with Gasteiger partial charge in [-0.2, -0.15) is 5.10 Å². The lowest BCUT2D eigenvalue weighted by Gasteiger charge is -2.38. The Kier molecular flexibility index (Phi) is 18.1. The predicted molar refractivity (Wildman–Crippen MR) is 329 cm³/mol. The van der Waals surface area contributed by atoms with Gasteiger partial charge in [-0.05, 0) is 105 Å². The fourth-order valence-corrected chi connectivity index (χ4v) is 14.0. The number of aliphatic hydroxyl groups excluding tert-OH is 1. The summed E-state index contributed by atoms with van der Waals surface area (Å²) in [4.78, 5) is 73.7. The minimum absolute atomic E-state index is 0.0765. The van der Waals surface area contributed by atoms with Gasteiger partial charge in [0.25, 0.3) is 5.56 Å². The van der Waals surface area contributed by atoms with Gasteiger partial charge >= 0.3 is 0 Å². The van der Waals surface area contributed by atoms with Crippen LogP contribution in [0.1, 0.15) is 125 Å². The fourth-order valence-electron chi connectivity index (χ4n) is 13.2. The molecule has 4 aliphatic rings. The van der Waals surface area contributed by atoms with Crippen molar-refractivity contribution in [2.45, 2.75) is 141 Å². The number of amides is 3. The predicted octanol–water partition coefficient (Wildman–Crippen LogP) is 7.81. The van der Waals surface area contributed by atoms with Crippen molar-refractivity contribution in [1.29, 1.82) is 0 Å². The van der Waals surface area contributed by atoms with Gasteiger partial charge in [0.2, 0.25) is 17.7 Å². The minimum atomic E-state index is -1.14. The molecule has 4 aromatic heterocycles. The number of likely N-dealkylation sites (tertiary alicyclic amines) is 3. The molecule has 11 rings (SSSR count). The number of aliphatic hydroxyl groups is 2. The fraction of sp³-hybridized carbons (Fsp3) is 0.508. The Bertz CT molecular complexity index is 3480. The Morgan fingerprint density at radius 1 is 0.847 bits per heavy atom. The van der Waals surface area contributed by atoms with E-state index in [9.17, 15) is 29.4 Å². The van der Waals surface area contributed by atoms with E-state index in [0.717, 1.165) is 109 Å². The van der Waals surface area contributed by atoms with Gasteiger partial charge in [0, 0.05) is 83.4 Å². The summed E-state index contributed by atoms with van der Waals surface area (Å²) in [5.41, 5.74) is 8.14. The van der Waals surface area contributed by atoms with Crippen LogP contribution in [-0.4, -0.2) is 148 Å². The SMILES string of the molecule is Cc1ncsc1-c1ccc([C@H](C)NC(=O)[C@@H]2C[C@@H](O)CN2C(=O)[C@@H](c2cc(N3CCC(CN4CCC(NCc5ccc(-c6c7ncn(CC8(O)CCN(C(=O)C[C@@H](C)c9ccccc9)CC8)c(=O)c7nn6C)cc5)CC4)CC3)no2)C(C)C)cc1. The minimum Gasteiger partial charge on any atom is -0.391 e. The molecule has 0 unspecified atom stereocenters. The van der Waals surface area contributed by atoms with Crippen LogP contribution in [0.4, 0.5) is 5.82 Å². The average Bonchev–Trinajstić information content (AvgIpc) is 2.70. The maximum Gasteiger partial charge on any atom is 0.281 e. The molecule has 0 bridgehead atoms. The van der Waals surface area contributed by atoms with Crippen LogP contribution in [0.25, 0.3) is 32.7 Å². The van der Waals surface area contributed by atoms with Crippen molar-refractivity contribution >= 4 is 45.9 Å². The number of rotatable bonds is 19. The molecule has 85 heavy (non-hydrogen) atoms. The number of β-amino-alcohol motifs (C(OH)–C–C–N with tert-alkyl or cyclic N) is 1. The first-order valence-electron chi connectivity index (χ1n) is 30.5. The monoisotopic (exact) mass is 1170 g/mol. The summed E-state index contributed by atoms with van der Waals surface area (Å²) in [6.45, 7) is 16.5. The van der Waals surface area contributed by atoms with Crippen LogP contribution >= 0.6 is 11.3 Å². The molecule has 3 aromatic carbocycles. The molecular weight excluding hydrogens is 1090 g/mol. The molecule has 4 saturated heterocycles. The number of piperidine rings is 3. The third-order valence-corrected chi connectivity index (χ3v) is 19.4. The van der Waals surface area contributed by atoms with Crippen LogP contribution in [-0.2, 0) is 34.5 Å². The molecule has 0 saturated carbocycles. The van der Waals surface area contributed by atoms with Crippen molar-refractivity contribution < 1.29 is 29.1 Å². The molecule has 0 radical (unpaired) electrons. The number of benzene rings is 3. The van der Waals surface area contributed by atoms with Gasteiger partial charge in [0.05, 0.1) is 52.4 Å². The van der Waals surface area contributed by atoms with Crippen molar-refractivity contribution in [3.05, 3.63) is 135 Å². The molecule has 7 aromatic rings. The molecule has 20 heteroatoms. The molecule has 4 fully saturated rings. The zero-order valence-corrected chi connectivity index (χ0v) is 50.7. The summed E-state index contributed by atoms with van der Waals surface area (Å²) in [6.07, 6.45) is 6.24. The van der Waals surface area contributed by atoms with Crippen LogP contribution < -0.4 is 21.1 Å². The second-order valence-electron chi connectivity index (χ2n) is 24.9. The number of nitrogens with zero attached hydrogens (tertiary/aromatic N) is 10. The number of hydrogen-bond acceptors (Lipinski definition) is 15. The van der Waals surface area contributed by atoms with Crippen molar-refractivity contribution in [3.8, 4) is 21.7 Å². The molecule has 0 aliphatic carbocycles. The average molecular weight is 1180 g/mol. The van der Waals surface area contributed by atoms with E-state index in [2.05, 4.69) is 66.9 Å². The topological polar surface area (TPSA) is 220 Å². The number of carbonyl (C=O) groups is 3. The van der Waals surface area contributed by atoms with Gasteiger partial charge in [-0.1, -0.05) is 105 Å². The third kappa shape index (κ3) is 13.5. The summed E-state index contributed by atoms with van der Waals surface area (Å²) in [6, 6.07) is 27.7. The van der Waals surface area contributed by atoms with E-state index in [1.54, 1.807) is 16.0 Å². The van der Waals surface area contributed by atoms with Gasteiger partial charge in [-0.3, -0.25) is 28.4 Å². The largest absolute Gasteiger partial charge is 0.391 e. The maximum atomic E-state index is 14.4. The van der Waals surface area contributed by atoms with E-state index in [1.165, 1.54) is 21.4 Å². The Hall–Kier alpha value is -7.10. The second-order valence-corrected chi connectivity index (χ2v) is 25.7. The van der Waals surface area contributed by atoms with Crippen molar-refractivity contribution in [2.24, 2.45) is 18.9 Å². The van der Waals surface area contributed by atoms with Crippen LogP contribution in [0.3, 0.4) is 0 Å². The molecule has 5 atom stereocenters. The highest BCUT2D eigenvalue weighted by Gasteiger charge is 2.44. The summed E-state index contributed by atoms with van der Waals surface area (Å²) in [5.74, 6) is 0.615. The Balaban J connectivity index is 0.610. The number of hydrogen-bond donors (Lipinski definition) is 4. The summed E-state index contributed by atoms with van der Waals surface area (Å²) in [5, 5.41) is 38.4. The smallest absolute Gasteiger partial charge is 0.281 e. The Morgan fingerprint density at radius 3 is 2.24 bits per heavy atom. The third-order valence-electron chi connectivity index (χ3n) is 18.4. The first kappa shape index (κ1) is 59.6. The number of fused-ring (bicyclic) bond motifs is 1. The number of aryl methyl sites for hydroxylation is 2. The lowest BCUT2D eigenvalue weighted by Crippen LogP contribution is -2.49. The molecule has 0 spiro atoms. The molecule has 8 heterocycles. The molecule has 450 valence electrons. The standard InChI is InChI=1S/C65H82N12O7S/c1-41(2)57(63(81)77-37-52(78)33-53(77)62(80)69-43(4)48-16-18-50(19-17-48)61-44(5)68-40-85-61)54-34-55(71-84-54)74-28-20-46(21-29-74)36-73-26-22-51(23-27-73)66-35-45-12-14-49(15-13-45)60-58-59(70-72(60)6)64(82)76(39-67-58)38-65(83)24-30-75(31-25-65)56(79)32-42(3)47-10-8-7-9-11-47/h7-19,34,39-43,46,51-53,57,66,78,83H,20-33,35-38H2,1-6H3,(H,69,80)/t42-,43+,52-,53+,57-/m1/s1. The van der Waals surface area contributed by atoms with Crippen LogP contribution in [0.2, 0.25) is 0 Å². The zero-order valence-electron chi connectivity index (χ0n) is 49.9. The quantitative estimate of drug-likeness (QED) is 0.0607. The summed E-state index contributed by atoms with van der Waals surface area (Å²) >= 11 is 1.60. The number of anilines is 1. The van der Waals surface area contributed by atoms with E-state index < -0.39 is 23.7 Å². The van der Waals surface area contributed by atoms with Crippen molar-refractivity contribution in [1.82, 2.24) is 54.8 Å². The first-order valence-corrected chi connectivity index (χ1v) is 31.4. The van der Waals surface area contributed by atoms with Gasteiger partial charge in [-0.15, -0.1) is 11.3 Å². The number of carbonyl (C=O) groups excluding carboxylic acids is 3. The van der Waals surface area contributed by atoms with Crippen LogP contribution in [0, 0.1) is 18.8 Å². The van der Waals surface area contributed by atoms with E-state index in [4.69, 9.17) is 9.51 Å². The lowest BCUT2D eigenvalue weighted by molar-refractivity contribution is -0.141. The van der Waals surface area contributed by atoms with Crippen molar-refractivity contribution in [3.63, 3.8) is 0 Å². The number of aromatic nitrogens is 6. The highest BCUT2D eigenvalue weighted by Crippen LogP contribution is 2.36. The summed E-state index contributed by atoms with van der Waals surface area (Å²) < 4.78 is 9.12. The Morgan fingerprint density at radius 2 is 1.55 bits per heavy atom. The highest BCUT2D eigenvalue weighted by atomic mass is 32.1. The molecule has 4 N–H and O–H groups in total. The van der Waals surface area contributed by atoms with E-state index in [1.807, 2.05) is 106 Å². The zero-order chi connectivity index (χ0) is 59.5. The summed E-state index contributed by atoms with van der Waals surface area (Å²) in [7, 11) is 1.82. The highest BCUT2D eigenvalue weighted by molar-refractivity contribution is 7.13. The van der Waals surface area contributed by atoms with E-state index in [0.29, 0.717) is 55.6 Å². The maximum absolute atomic E-state index is 14.4. The van der Waals surface area contributed by atoms with Crippen LogP contribution in [0.15, 0.2) is 106 Å². The van der Waals surface area contributed by atoms with E-state index >= 15 is 0 Å². The molecule has 4 aliphatic heterocycles. The van der Waals surface area contributed by atoms with Crippen LogP contribution in [0.5, 0.6) is 0 Å². The van der Waals surface area contributed by atoms with E-state index in [-0.39, 0.29) is 66.2 Å². The normalized spacial score (nSPS) is 20.1. The van der Waals surface area contributed by atoms with Gasteiger partial charge < -0.3 is 45.0 Å². The van der Waals surface area contributed by atoms with Gasteiger partial charge in [0.15, 0.2) is 17.1 Å².